The van der Waals surface area contributed by atoms with Crippen molar-refractivity contribution in [3.8, 4) is 0 Å². The largest absolute Gasteiger partial charge is 0.352 e. The van der Waals surface area contributed by atoms with Gasteiger partial charge in [-0.25, -0.2) is 14.2 Å². The molecule has 1 aromatic carbocycles. The Morgan fingerprint density at radius 2 is 2.37 bits per heavy atom. The van der Waals surface area contributed by atoms with Gasteiger partial charge in [-0.05, 0) is 19.1 Å². The number of benzene rings is 1. The third kappa shape index (κ3) is 2.96. The number of rotatable bonds is 4. The van der Waals surface area contributed by atoms with Crippen molar-refractivity contribution in [3.63, 3.8) is 0 Å². The molecule has 1 unspecified atom stereocenters. The Hall–Kier alpha value is -1.82. The number of carbonyl (C=O) groups is 1. The van der Waals surface area contributed by atoms with Gasteiger partial charge < -0.3 is 15.6 Å². The second-order valence-electron chi connectivity index (χ2n) is 4.16. The van der Waals surface area contributed by atoms with Crippen molar-refractivity contribution in [2.75, 3.05) is 6.54 Å². The summed E-state index contributed by atoms with van der Waals surface area (Å²) in [7, 11) is 0. The van der Waals surface area contributed by atoms with E-state index in [2.05, 4.69) is 10.3 Å². The molecular formula is C12H14ClFN4O. The van der Waals surface area contributed by atoms with Crippen LogP contribution in [0.4, 0.5) is 9.18 Å². The monoisotopic (exact) mass is 284 g/mol. The van der Waals surface area contributed by atoms with E-state index in [9.17, 15) is 9.18 Å². The molecule has 3 N–H and O–H groups in total. The van der Waals surface area contributed by atoms with E-state index >= 15 is 0 Å². The first kappa shape index (κ1) is 13.6. The van der Waals surface area contributed by atoms with Gasteiger partial charge in [0.15, 0.2) is 0 Å². The second-order valence-corrected chi connectivity index (χ2v) is 4.82. The number of hydrogen-bond donors (Lipinski definition) is 2. The van der Waals surface area contributed by atoms with Crippen molar-refractivity contribution >= 4 is 28.7 Å². The first-order valence-electron chi connectivity index (χ1n) is 5.82. The first-order chi connectivity index (χ1) is 8.99. The van der Waals surface area contributed by atoms with E-state index in [1.54, 1.807) is 13.0 Å². The summed E-state index contributed by atoms with van der Waals surface area (Å²) < 4.78 is 15.0. The summed E-state index contributed by atoms with van der Waals surface area (Å²) in [6, 6.07) is 3.78. The Balaban J connectivity index is 2.37. The molecule has 2 aromatic rings. The lowest BCUT2D eigenvalue weighted by molar-refractivity contribution is 0.248. The maximum absolute atomic E-state index is 13.2. The standard InChI is InChI=1S/C12H14ClFN4O/c1-7(13)11-17-9-6-8(14)2-3-10(9)18(11)5-4-16-12(15)19/h2-3,6-7H,4-5H2,1H3,(H3,15,16,19). The highest BCUT2D eigenvalue weighted by Gasteiger charge is 2.15. The maximum atomic E-state index is 13.2. The van der Waals surface area contributed by atoms with Crippen LogP contribution in [0.3, 0.4) is 0 Å². The number of aromatic nitrogens is 2. The van der Waals surface area contributed by atoms with Crippen LogP contribution in [0.2, 0.25) is 0 Å². The third-order valence-electron chi connectivity index (χ3n) is 2.73. The topological polar surface area (TPSA) is 72.9 Å². The van der Waals surface area contributed by atoms with Crippen LogP contribution in [0.5, 0.6) is 0 Å². The Kier molecular flexibility index (Phi) is 3.90. The van der Waals surface area contributed by atoms with E-state index in [1.807, 2.05) is 4.57 Å². The molecule has 0 bridgehead atoms. The fourth-order valence-corrected chi connectivity index (χ4v) is 2.12. The molecule has 0 spiro atoms. The van der Waals surface area contributed by atoms with Crippen molar-refractivity contribution in [1.82, 2.24) is 14.9 Å². The number of carbonyl (C=O) groups excluding carboxylic acids is 1. The van der Waals surface area contributed by atoms with Crippen molar-refractivity contribution in [2.24, 2.45) is 5.73 Å². The number of fused-ring (bicyclic) bond motifs is 1. The fourth-order valence-electron chi connectivity index (χ4n) is 1.95. The zero-order chi connectivity index (χ0) is 14.0. The van der Waals surface area contributed by atoms with Gasteiger partial charge in [0.05, 0.1) is 16.4 Å². The number of hydrogen-bond acceptors (Lipinski definition) is 2. The van der Waals surface area contributed by atoms with Gasteiger partial charge in [-0.2, -0.15) is 0 Å². The summed E-state index contributed by atoms with van der Waals surface area (Å²) in [5, 5.41) is 2.18. The molecule has 19 heavy (non-hydrogen) atoms. The number of nitrogens with two attached hydrogens (primary N) is 1. The van der Waals surface area contributed by atoms with E-state index in [0.29, 0.717) is 24.4 Å². The van der Waals surface area contributed by atoms with Crippen LogP contribution >= 0.6 is 11.6 Å². The summed E-state index contributed by atoms with van der Waals surface area (Å²) in [4.78, 5) is 15.0. The Morgan fingerprint density at radius 3 is 3.00 bits per heavy atom. The first-order valence-corrected chi connectivity index (χ1v) is 6.25. The molecule has 7 heteroatoms. The highest BCUT2D eigenvalue weighted by atomic mass is 35.5. The molecular weight excluding hydrogens is 271 g/mol. The lowest BCUT2D eigenvalue weighted by atomic mass is 10.3. The number of imidazole rings is 1. The van der Waals surface area contributed by atoms with Gasteiger partial charge >= 0.3 is 6.03 Å². The van der Waals surface area contributed by atoms with Crippen LogP contribution in [0.15, 0.2) is 18.2 Å². The van der Waals surface area contributed by atoms with Gasteiger partial charge in [-0.1, -0.05) is 0 Å². The van der Waals surface area contributed by atoms with Gasteiger partial charge in [-0.3, -0.25) is 0 Å². The molecule has 102 valence electrons. The Bertz CT molecular complexity index is 611. The molecule has 5 nitrogen and oxygen atoms in total. The zero-order valence-electron chi connectivity index (χ0n) is 10.4. The molecule has 0 saturated carbocycles. The third-order valence-corrected chi connectivity index (χ3v) is 2.93. The van der Waals surface area contributed by atoms with E-state index in [4.69, 9.17) is 17.3 Å². The molecule has 0 saturated heterocycles. The number of alkyl halides is 1. The minimum Gasteiger partial charge on any atom is -0.352 e. The number of nitrogens with zero attached hydrogens (tertiary/aromatic N) is 2. The normalized spacial score (nSPS) is 12.6. The van der Waals surface area contributed by atoms with Gasteiger partial charge in [-0.15, -0.1) is 11.6 Å². The average Bonchev–Trinajstić information content (AvgIpc) is 2.67. The minimum absolute atomic E-state index is 0.316. The fraction of sp³-hybridized carbons (Fsp3) is 0.333. The highest BCUT2D eigenvalue weighted by molar-refractivity contribution is 6.20. The van der Waals surface area contributed by atoms with Crippen LogP contribution in [0.25, 0.3) is 11.0 Å². The van der Waals surface area contributed by atoms with Crippen molar-refractivity contribution in [2.45, 2.75) is 18.8 Å². The second kappa shape index (κ2) is 5.44. The van der Waals surface area contributed by atoms with Crippen molar-refractivity contribution in [3.05, 3.63) is 29.8 Å². The van der Waals surface area contributed by atoms with E-state index in [-0.39, 0.29) is 11.2 Å². The molecule has 0 aliphatic carbocycles. The van der Waals surface area contributed by atoms with E-state index in [0.717, 1.165) is 5.52 Å². The smallest absolute Gasteiger partial charge is 0.312 e. The zero-order valence-corrected chi connectivity index (χ0v) is 11.1. The molecule has 1 heterocycles. The molecule has 0 radical (unpaired) electrons. The van der Waals surface area contributed by atoms with Crippen LogP contribution in [0, 0.1) is 5.82 Å². The minimum atomic E-state index is -0.587. The molecule has 1 aromatic heterocycles. The number of primary amides is 1. The number of urea groups is 1. The molecule has 0 aliphatic rings. The molecule has 2 rings (SSSR count). The quantitative estimate of drug-likeness (QED) is 0.844. The predicted octanol–water partition coefficient (Wildman–Crippen LogP) is 2.14. The van der Waals surface area contributed by atoms with E-state index < -0.39 is 6.03 Å². The lowest BCUT2D eigenvalue weighted by Crippen LogP contribution is -2.32. The Labute approximate surface area is 114 Å². The number of nitrogens with one attached hydrogen (secondary N) is 1. The van der Waals surface area contributed by atoms with Crippen molar-refractivity contribution in [1.29, 1.82) is 0 Å². The van der Waals surface area contributed by atoms with Gasteiger partial charge in [0.2, 0.25) is 0 Å². The summed E-state index contributed by atoms with van der Waals surface area (Å²) >= 11 is 6.07. The maximum Gasteiger partial charge on any atom is 0.312 e. The SMILES string of the molecule is CC(Cl)c1nc2cc(F)ccc2n1CCNC(N)=O. The molecule has 0 aliphatic heterocycles. The van der Waals surface area contributed by atoms with Crippen LogP contribution in [-0.2, 0) is 6.54 Å². The Morgan fingerprint density at radius 1 is 1.63 bits per heavy atom. The average molecular weight is 285 g/mol. The molecule has 1 atom stereocenters. The highest BCUT2D eigenvalue weighted by Crippen LogP contribution is 2.24. The lowest BCUT2D eigenvalue weighted by Gasteiger charge is -2.10. The summed E-state index contributed by atoms with van der Waals surface area (Å²) in [6.45, 7) is 2.61. The van der Waals surface area contributed by atoms with Crippen LogP contribution in [0.1, 0.15) is 18.1 Å². The van der Waals surface area contributed by atoms with Crippen LogP contribution < -0.4 is 11.1 Å². The number of amides is 2. The summed E-state index contributed by atoms with van der Waals surface area (Å²) in [6.07, 6.45) is 0. The molecule has 2 amide bonds. The van der Waals surface area contributed by atoms with E-state index in [1.165, 1.54) is 12.1 Å². The summed E-state index contributed by atoms with van der Waals surface area (Å²) in [5.74, 6) is 0.287. The van der Waals surface area contributed by atoms with Gasteiger partial charge in [0.25, 0.3) is 0 Å². The molecule has 0 fully saturated rings. The summed E-state index contributed by atoms with van der Waals surface area (Å²) in [5.41, 5.74) is 6.33. The van der Waals surface area contributed by atoms with Gasteiger partial charge in [0.1, 0.15) is 11.6 Å². The van der Waals surface area contributed by atoms with Gasteiger partial charge in [0, 0.05) is 19.2 Å². The van der Waals surface area contributed by atoms with Crippen LogP contribution in [-0.4, -0.2) is 22.1 Å². The van der Waals surface area contributed by atoms with Crippen molar-refractivity contribution < 1.29 is 9.18 Å². The predicted molar refractivity (Wildman–Crippen MR) is 71.5 cm³/mol. The number of halogens is 2.